The van der Waals surface area contributed by atoms with Gasteiger partial charge in [-0.05, 0) is 12.7 Å². The summed E-state index contributed by atoms with van der Waals surface area (Å²) in [6.45, 7) is 13.7. The van der Waals surface area contributed by atoms with Crippen molar-refractivity contribution >= 4 is 38.5 Å². The van der Waals surface area contributed by atoms with Crippen LogP contribution in [0.5, 0.6) is 0 Å². The van der Waals surface area contributed by atoms with E-state index in [9.17, 15) is 0 Å². The molecule has 0 aromatic carbocycles. The predicted molar refractivity (Wildman–Crippen MR) is 94.9 cm³/mol. The minimum atomic E-state index is -0.226. The lowest BCUT2D eigenvalue weighted by atomic mass is 9.79. The Kier molecular flexibility index (Phi) is 5.41. The Labute approximate surface area is 119 Å². The van der Waals surface area contributed by atoms with Crippen molar-refractivity contribution in [2.75, 3.05) is 0 Å². The number of hydrogen-bond donors (Lipinski definition) is 0. The van der Waals surface area contributed by atoms with Crippen LogP contribution in [0.3, 0.4) is 0 Å². The molecule has 0 fully saturated rings. The Bertz CT molecular complexity index is 427. The molecule has 0 N–H and O–H groups in total. The topological polar surface area (TPSA) is 17.8 Å². The molecule has 4 unspecified atom stereocenters. The molecule has 0 saturated carbocycles. The van der Waals surface area contributed by atoms with E-state index < -0.39 is 0 Å². The zero-order chi connectivity index (χ0) is 14.3. The van der Waals surface area contributed by atoms with E-state index in [4.69, 9.17) is 5.10 Å². The summed E-state index contributed by atoms with van der Waals surface area (Å²) in [5, 5.41) is 4.83. The third-order valence-corrected chi connectivity index (χ3v) is 12.6. The van der Waals surface area contributed by atoms with Gasteiger partial charge in [0.2, 0.25) is 0 Å². The van der Waals surface area contributed by atoms with E-state index in [0.717, 1.165) is 7.96 Å². The number of nitrogens with zero attached hydrogens (tertiary/aromatic N) is 2. The lowest BCUT2D eigenvalue weighted by molar-refractivity contribution is 0.492. The first-order valence-electron chi connectivity index (χ1n) is 6.09. The minimum Gasteiger partial charge on any atom is -0.271 e. The fourth-order valence-electron chi connectivity index (χ4n) is 2.29. The molecule has 0 radical (unpaired) electrons. The largest absolute Gasteiger partial charge is 0.271 e. The summed E-state index contributed by atoms with van der Waals surface area (Å²) in [7, 11) is 8.57. The number of aryl methyl sites for hydroxylation is 1. The monoisotopic (exact) mass is 322 g/mol. The van der Waals surface area contributed by atoms with Crippen LogP contribution in [0.1, 0.15) is 52.8 Å². The summed E-state index contributed by atoms with van der Waals surface area (Å²) >= 11 is 0. The van der Waals surface area contributed by atoms with E-state index in [1.54, 1.807) is 0 Å². The maximum absolute atomic E-state index is 4.83. The van der Waals surface area contributed by atoms with E-state index in [1.807, 2.05) is 0 Å². The van der Waals surface area contributed by atoms with E-state index in [0.29, 0.717) is 0 Å². The minimum absolute atomic E-state index is 0.132. The van der Waals surface area contributed by atoms with E-state index in [-0.39, 0.29) is 18.1 Å². The second-order valence-electron chi connectivity index (χ2n) is 6.67. The first kappa shape index (κ1) is 17.0. The molecular formula is C12H26N2P4. The Balaban J connectivity index is 3.58. The first-order chi connectivity index (χ1) is 8.00. The average Bonchev–Trinajstić information content (AvgIpc) is 2.53. The van der Waals surface area contributed by atoms with Crippen LogP contribution in [0, 0.1) is 0 Å². The third kappa shape index (κ3) is 3.52. The summed E-state index contributed by atoms with van der Waals surface area (Å²) in [6, 6.07) is 0. The van der Waals surface area contributed by atoms with Crippen molar-refractivity contribution in [3.05, 3.63) is 11.3 Å². The lowest BCUT2D eigenvalue weighted by Crippen LogP contribution is -2.26. The molecule has 0 amide bonds. The summed E-state index contributed by atoms with van der Waals surface area (Å²) in [4.78, 5) is 0. The zero-order valence-electron chi connectivity index (χ0n) is 12.5. The molecule has 0 aliphatic rings. The molecule has 0 bridgehead atoms. The maximum Gasteiger partial charge on any atom is 0.0972 e. The van der Waals surface area contributed by atoms with Crippen LogP contribution in [0.25, 0.3) is 0 Å². The smallest absolute Gasteiger partial charge is 0.0972 e. The van der Waals surface area contributed by atoms with E-state index in [2.05, 4.69) is 71.1 Å². The van der Waals surface area contributed by atoms with Crippen LogP contribution >= 0.6 is 33.1 Å². The van der Waals surface area contributed by atoms with Crippen molar-refractivity contribution in [2.45, 2.75) is 52.4 Å². The molecule has 6 heteroatoms. The fourth-order valence-corrected chi connectivity index (χ4v) is 5.80. The predicted octanol–water partition coefficient (Wildman–Crippen LogP) is 4.30. The van der Waals surface area contributed by atoms with Gasteiger partial charge in [0.15, 0.2) is 0 Å². The van der Waals surface area contributed by atoms with Gasteiger partial charge < -0.3 is 0 Å². The molecule has 104 valence electrons. The molecule has 1 aromatic rings. The van der Waals surface area contributed by atoms with Gasteiger partial charge in [0.25, 0.3) is 0 Å². The molecule has 4 atom stereocenters. The summed E-state index contributed by atoms with van der Waals surface area (Å²) in [6.07, 6.45) is 0. The number of aromatic nitrogens is 2. The van der Waals surface area contributed by atoms with Crippen molar-refractivity contribution in [1.82, 2.24) is 9.78 Å². The lowest BCUT2D eigenvalue weighted by Gasteiger charge is -2.28. The van der Waals surface area contributed by atoms with Gasteiger partial charge in [-0.15, -0.1) is 17.9 Å². The number of rotatable bonds is 2. The Morgan fingerprint density at radius 2 is 1.61 bits per heavy atom. The normalized spacial score (nSPS) is 15.6. The second-order valence-corrected chi connectivity index (χ2v) is 15.7. The van der Waals surface area contributed by atoms with Crippen LogP contribution in [-0.4, -0.2) is 9.78 Å². The molecule has 1 rings (SSSR count). The van der Waals surface area contributed by atoms with Gasteiger partial charge >= 0.3 is 0 Å². The summed E-state index contributed by atoms with van der Waals surface area (Å²) in [5.74, 6) is 0. The highest BCUT2D eigenvalue weighted by molar-refractivity contribution is 8.63. The van der Waals surface area contributed by atoms with Gasteiger partial charge in [-0.2, -0.15) is 5.10 Å². The van der Waals surface area contributed by atoms with Crippen molar-refractivity contribution in [2.24, 2.45) is 7.05 Å². The SMILES string of the molecule is Cn1nc(P(P)PP)c(C(C)(C)C)c1C(C)(C)C. The van der Waals surface area contributed by atoms with Crippen molar-refractivity contribution < 1.29 is 0 Å². The Morgan fingerprint density at radius 3 is 1.94 bits per heavy atom. The molecule has 0 aliphatic carbocycles. The highest BCUT2D eigenvalue weighted by Crippen LogP contribution is 2.65. The highest BCUT2D eigenvalue weighted by Gasteiger charge is 2.33. The molecular weight excluding hydrogens is 296 g/mol. The quantitative estimate of drug-likeness (QED) is 0.743. The molecule has 18 heavy (non-hydrogen) atoms. The van der Waals surface area contributed by atoms with Gasteiger partial charge in [0.1, 0.15) is 0 Å². The summed E-state index contributed by atoms with van der Waals surface area (Å²) < 4.78 is 2.10. The van der Waals surface area contributed by atoms with Gasteiger partial charge in [-0.3, -0.25) is 4.68 Å². The second kappa shape index (κ2) is 5.74. The zero-order valence-corrected chi connectivity index (χ0v) is 16.7. The van der Waals surface area contributed by atoms with Crippen LogP contribution in [0.4, 0.5) is 0 Å². The number of hydrogen-bond acceptors (Lipinski definition) is 1. The Hall–Kier alpha value is 0.930. The standard InChI is InChI=1S/C12H26N2P4/c1-11(2,3)8-9(12(4,5)6)14(7)13-10(8)18(16)17-15/h17H,15-16H2,1-7H3. The Morgan fingerprint density at radius 1 is 1.11 bits per heavy atom. The summed E-state index contributed by atoms with van der Waals surface area (Å²) in [5.41, 5.74) is 4.42. The van der Waals surface area contributed by atoms with Crippen LogP contribution in [0.15, 0.2) is 0 Å². The molecule has 0 saturated heterocycles. The maximum atomic E-state index is 4.83. The highest BCUT2D eigenvalue weighted by atomic mass is 32.6. The third-order valence-electron chi connectivity index (χ3n) is 2.86. The van der Waals surface area contributed by atoms with Crippen molar-refractivity contribution in [3.63, 3.8) is 0 Å². The van der Waals surface area contributed by atoms with Crippen LogP contribution in [0.2, 0.25) is 0 Å². The average molecular weight is 322 g/mol. The van der Waals surface area contributed by atoms with E-state index in [1.165, 1.54) is 16.7 Å². The van der Waals surface area contributed by atoms with Gasteiger partial charge in [0, 0.05) is 23.7 Å². The van der Waals surface area contributed by atoms with Crippen molar-refractivity contribution in [3.8, 4) is 0 Å². The fraction of sp³-hybridized carbons (Fsp3) is 0.750. The van der Waals surface area contributed by atoms with E-state index >= 15 is 0 Å². The molecule has 1 heterocycles. The molecule has 1 aromatic heterocycles. The van der Waals surface area contributed by atoms with Crippen LogP contribution in [-0.2, 0) is 17.9 Å². The molecule has 0 aliphatic heterocycles. The van der Waals surface area contributed by atoms with Crippen molar-refractivity contribution in [1.29, 1.82) is 0 Å². The van der Waals surface area contributed by atoms with Gasteiger partial charge in [-0.1, -0.05) is 49.5 Å². The van der Waals surface area contributed by atoms with Crippen LogP contribution < -0.4 is 5.44 Å². The van der Waals surface area contributed by atoms with Gasteiger partial charge in [-0.25, -0.2) is 0 Å². The molecule has 0 spiro atoms. The van der Waals surface area contributed by atoms with Gasteiger partial charge in [0.05, 0.1) is 5.44 Å². The molecule has 2 nitrogen and oxygen atoms in total. The first-order valence-corrected chi connectivity index (χ1v) is 12.7.